The molecular weight excluding hydrogens is 196 g/mol. The largest absolute Gasteiger partial charge is 0.464 e. The molecule has 84 valence electrons. The predicted octanol–water partition coefficient (Wildman–Crippen LogP) is 4.49. The number of fused-ring (bicyclic) bond motifs is 3. The maximum atomic E-state index is 5.77. The van der Waals surface area contributed by atoms with Crippen LogP contribution in [0.3, 0.4) is 0 Å². The van der Waals surface area contributed by atoms with Gasteiger partial charge < -0.3 is 4.42 Å². The average Bonchev–Trinajstić information content (AvgIpc) is 2.61. The molecule has 1 aliphatic rings. The van der Waals surface area contributed by atoms with Crippen molar-refractivity contribution in [1.29, 1.82) is 0 Å². The van der Waals surface area contributed by atoms with Crippen molar-refractivity contribution < 1.29 is 4.42 Å². The first-order chi connectivity index (χ1) is 7.68. The van der Waals surface area contributed by atoms with Gasteiger partial charge in [-0.2, -0.15) is 0 Å². The Kier molecular flexibility index (Phi) is 2.10. The number of rotatable bonds is 0. The van der Waals surface area contributed by atoms with Crippen LogP contribution in [0.15, 0.2) is 16.7 Å². The van der Waals surface area contributed by atoms with Gasteiger partial charge in [0.25, 0.3) is 0 Å². The van der Waals surface area contributed by atoms with Crippen LogP contribution in [-0.4, -0.2) is 0 Å². The molecule has 1 aliphatic carbocycles. The Bertz CT molecular complexity index is 548. The summed E-state index contributed by atoms with van der Waals surface area (Å²) in [5.41, 5.74) is 6.87. The van der Waals surface area contributed by atoms with Gasteiger partial charge in [0.2, 0.25) is 0 Å². The highest BCUT2D eigenvalue weighted by Crippen LogP contribution is 2.39. The zero-order chi connectivity index (χ0) is 11.3. The maximum Gasteiger partial charge on any atom is 0.137 e. The van der Waals surface area contributed by atoms with Gasteiger partial charge in [0.05, 0.1) is 6.26 Å². The summed E-state index contributed by atoms with van der Waals surface area (Å²) < 4.78 is 5.77. The normalized spacial score (nSPS) is 20.1. The minimum Gasteiger partial charge on any atom is -0.464 e. The molecule has 1 heteroatoms. The number of furan rings is 1. The number of aryl methyl sites for hydroxylation is 2. The molecule has 0 spiro atoms. The van der Waals surface area contributed by atoms with E-state index < -0.39 is 0 Å². The van der Waals surface area contributed by atoms with Gasteiger partial charge in [-0.1, -0.05) is 6.92 Å². The van der Waals surface area contributed by atoms with Crippen LogP contribution >= 0.6 is 0 Å². The van der Waals surface area contributed by atoms with Crippen molar-refractivity contribution in [3.63, 3.8) is 0 Å². The van der Waals surface area contributed by atoms with Gasteiger partial charge in [0.1, 0.15) is 5.58 Å². The van der Waals surface area contributed by atoms with Gasteiger partial charge in [0, 0.05) is 10.9 Å². The Hall–Kier alpha value is -1.24. The second kappa shape index (κ2) is 3.38. The molecule has 0 saturated carbocycles. The minimum absolute atomic E-state index is 0.650. The van der Waals surface area contributed by atoms with Crippen LogP contribution in [0.2, 0.25) is 0 Å². The highest BCUT2D eigenvalue weighted by atomic mass is 16.3. The Morgan fingerprint density at radius 1 is 1.25 bits per heavy atom. The molecule has 0 bridgehead atoms. The first kappa shape index (κ1) is 9.95. The lowest BCUT2D eigenvalue weighted by atomic mass is 9.81. The summed E-state index contributed by atoms with van der Waals surface area (Å²) in [6.45, 7) is 6.70. The third-order valence-corrected chi connectivity index (χ3v) is 3.99. The molecular formula is C15H18O. The van der Waals surface area contributed by atoms with Crippen LogP contribution in [0, 0.1) is 13.8 Å². The fourth-order valence-corrected chi connectivity index (χ4v) is 3.08. The molecule has 0 N–H and O–H groups in total. The molecule has 1 aromatic heterocycles. The molecule has 3 rings (SSSR count). The van der Waals surface area contributed by atoms with Crippen molar-refractivity contribution >= 4 is 11.0 Å². The van der Waals surface area contributed by atoms with Crippen molar-refractivity contribution in [1.82, 2.24) is 0 Å². The summed E-state index contributed by atoms with van der Waals surface area (Å²) in [4.78, 5) is 0. The van der Waals surface area contributed by atoms with Gasteiger partial charge in [-0.05, 0) is 61.8 Å². The molecule has 0 saturated heterocycles. The smallest absolute Gasteiger partial charge is 0.137 e. The summed E-state index contributed by atoms with van der Waals surface area (Å²) in [7, 11) is 0. The van der Waals surface area contributed by atoms with E-state index >= 15 is 0 Å². The molecule has 0 fully saturated rings. The molecule has 16 heavy (non-hydrogen) atoms. The zero-order valence-electron chi connectivity index (χ0n) is 10.3. The molecule has 0 radical (unpaired) electrons. The summed E-state index contributed by atoms with van der Waals surface area (Å²) in [6.07, 6.45) is 5.73. The van der Waals surface area contributed by atoms with Crippen LogP contribution in [0.5, 0.6) is 0 Å². The van der Waals surface area contributed by atoms with E-state index in [1.54, 1.807) is 5.56 Å². The fourth-order valence-electron chi connectivity index (χ4n) is 3.08. The maximum absolute atomic E-state index is 5.77. The van der Waals surface area contributed by atoms with Crippen molar-refractivity contribution in [3.05, 3.63) is 34.6 Å². The fraction of sp³-hybridized carbons (Fsp3) is 0.467. The van der Waals surface area contributed by atoms with Crippen LogP contribution < -0.4 is 0 Å². The van der Waals surface area contributed by atoms with Crippen LogP contribution in [-0.2, 0) is 6.42 Å². The Morgan fingerprint density at radius 2 is 2.06 bits per heavy atom. The molecule has 1 heterocycles. The van der Waals surface area contributed by atoms with E-state index in [0.29, 0.717) is 5.92 Å². The molecule has 0 amide bonds. The summed E-state index contributed by atoms with van der Waals surface area (Å²) in [5.74, 6) is 0.650. The molecule has 0 aliphatic heterocycles. The Balaban J connectivity index is 2.41. The van der Waals surface area contributed by atoms with Crippen LogP contribution in [0.1, 0.15) is 47.9 Å². The topological polar surface area (TPSA) is 13.1 Å². The SMILES string of the molecule is Cc1cc2c(C)coc2c2c1CCC[C@@H]2C. The molecule has 2 aromatic rings. The van der Waals surface area contributed by atoms with E-state index in [0.717, 1.165) is 5.58 Å². The van der Waals surface area contributed by atoms with Gasteiger partial charge in [-0.15, -0.1) is 0 Å². The highest BCUT2D eigenvalue weighted by molar-refractivity contribution is 5.86. The van der Waals surface area contributed by atoms with Crippen LogP contribution in [0.4, 0.5) is 0 Å². The van der Waals surface area contributed by atoms with E-state index in [9.17, 15) is 0 Å². The van der Waals surface area contributed by atoms with Crippen molar-refractivity contribution in [2.45, 2.75) is 46.0 Å². The van der Waals surface area contributed by atoms with Gasteiger partial charge in [0.15, 0.2) is 0 Å². The number of hydrogen-bond donors (Lipinski definition) is 0. The predicted molar refractivity (Wildman–Crippen MR) is 67.0 cm³/mol. The zero-order valence-corrected chi connectivity index (χ0v) is 10.3. The quantitative estimate of drug-likeness (QED) is 0.629. The third-order valence-electron chi connectivity index (χ3n) is 3.99. The molecule has 0 unspecified atom stereocenters. The van der Waals surface area contributed by atoms with Crippen molar-refractivity contribution in [3.8, 4) is 0 Å². The van der Waals surface area contributed by atoms with Gasteiger partial charge >= 0.3 is 0 Å². The van der Waals surface area contributed by atoms with Crippen LogP contribution in [0.25, 0.3) is 11.0 Å². The van der Waals surface area contributed by atoms with Crippen molar-refractivity contribution in [2.24, 2.45) is 0 Å². The summed E-state index contributed by atoms with van der Waals surface area (Å²) in [5, 5.41) is 1.31. The molecule has 1 atom stereocenters. The van der Waals surface area contributed by atoms with E-state index in [4.69, 9.17) is 4.42 Å². The van der Waals surface area contributed by atoms with Gasteiger partial charge in [-0.25, -0.2) is 0 Å². The Morgan fingerprint density at radius 3 is 2.88 bits per heavy atom. The third kappa shape index (κ3) is 1.24. The first-order valence-corrected chi connectivity index (χ1v) is 6.18. The number of benzene rings is 1. The minimum atomic E-state index is 0.650. The standard InChI is InChI=1S/C15H18O/c1-9-5-4-6-12-10(2)7-13-11(3)8-16-15(13)14(9)12/h7-9H,4-6H2,1-3H3/t9-/m0/s1. The Labute approximate surface area is 96.5 Å². The molecule has 1 aromatic carbocycles. The van der Waals surface area contributed by atoms with Crippen molar-refractivity contribution in [2.75, 3.05) is 0 Å². The van der Waals surface area contributed by atoms with E-state index in [1.807, 2.05) is 6.26 Å². The highest BCUT2D eigenvalue weighted by Gasteiger charge is 2.23. The summed E-state index contributed by atoms with van der Waals surface area (Å²) >= 11 is 0. The average molecular weight is 214 g/mol. The number of hydrogen-bond acceptors (Lipinski definition) is 1. The second-order valence-electron chi connectivity index (χ2n) is 5.17. The first-order valence-electron chi connectivity index (χ1n) is 6.18. The van der Waals surface area contributed by atoms with Gasteiger partial charge in [-0.3, -0.25) is 0 Å². The lowest BCUT2D eigenvalue weighted by Crippen LogP contribution is -2.09. The molecule has 1 nitrogen and oxygen atoms in total. The lowest BCUT2D eigenvalue weighted by Gasteiger charge is -2.24. The van der Waals surface area contributed by atoms with E-state index in [-0.39, 0.29) is 0 Å². The second-order valence-corrected chi connectivity index (χ2v) is 5.17. The summed E-state index contributed by atoms with van der Waals surface area (Å²) in [6, 6.07) is 2.30. The van der Waals surface area contributed by atoms with E-state index in [2.05, 4.69) is 26.8 Å². The van der Waals surface area contributed by atoms with E-state index in [1.165, 1.54) is 41.3 Å². The lowest BCUT2D eigenvalue weighted by molar-refractivity contribution is 0.561. The monoisotopic (exact) mass is 214 g/mol.